The average molecular weight is 228 g/mol. The SMILES string of the molecule is CC(C)C1CC2(CCO1)NC(=S)NC2=O. The molecular formula is C10H16N2O2S. The van der Waals surface area contributed by atoms with Gasteiger partial charge in [-0.1, -0.05) is 13.8 Å². The van der Waals surface area contributed by atoms with Gasteiger partial charge in [0.1, 0.15) is 5.54 Å². The lowest BCUT2D eigenvalue weighted by Crippen LogP contribution is -2.54. The average Bonchev–Trinajstić information content (AvgIpc) is 2.41. The Balaban J connectivity index is 2.15. The Labute approximate surface area is 94.7 Å². The molecule has 2 aliphatic rings. The molecule has 2 N–H and O–H groups in total. The van der Waals surface area contributed by atoms with Crippen molar-refractivity contribution in [3.05, 3.63) is 0 Å². The van der Waals surface area contributed by atoms with Crippen LogP contribution in [-0.4, -0.2) is 29.3 Å². The van der Waals surface area contributed by atoms with Crippen molar-refractivity contribution in [2.24, 2.45) is 5.92 Å². The number of carbonyl (C=O) groups is 1. The largest absolute Gasteiger partial charge is 0.378 e. The van der Waals surface area contributed by atoms with Crippen molar-refractivity contribution in [1.29, 1.82) is 0 Å². The minimum atomic E-state index is -0.510. The maximum Gasteiger partial charge on any atom is 0.252 e. The highest BCUT2D eigenvalue weighted by Gasteiger charge is 2.48. The molecule has 2 unspecified atom stereocenters. The van der Waals surface area contributed by atoms with Crippen LogP contribution in [-0.2, 0) is 9.53 Å². The van der Waals surface area contributed by atoms with Gasteiger partial charge in [0, 0.05) is 19.4 Å². The number of hydrogen-bond donors (Lipinski definition) is 2. The summed E-state index contributed by atoms with van der Waals surface area (Å²) in [5.74, 6) is 0.424. The summed E-state index contributed by atoms with van der Waals surface area (Å²) in [5, 5.41) is 6.21. The van der Waals surface area contributed by atoms with E-state index in [0.29, 0.717) is 30.5 Å². The van der Waals surface area contributed by atoms with E-state index in [1.807, 2.05) is 0 Å². The van der Waals surface area contributed by atoms with Gasteiger partial charge in [-0.15, -0.1) is 0 Å². The van der Waals surface area contributed by atoms with Gasteiger partial charge < -0.3 is 15.4 Å². The van der Waals surface area contributed by atoms with Gasteiger partial charge in [0.15, 0.2) is 5.11 Å². The van der Waals surface area contributed by atoms with E-state index in [1.165, 1.54) is 0 Å². The summed E-state index contributed by atoms with van der Waals surface area (Å²) in [4.78, 5) is 11.8. The maximum atomic E-state index is 11.8. The fraction of sp³-hybridized carbons (Fsp3) is 0.800. The van der Waals surface area contributed by atoms with Crippen LogP contribution >= 0.6 is 12.2 Å². The Morgan fingerprint density at radius 1 is 1.60 bits per heavy atom. The van der Waals surface area contributed by atoms with E-state index < -0.39 is 5.54 Å². The van der Waals surface area contributed by atoms with Gasteiger partial charge in [-0.3, -0.25) is 4.79 Å². The number of rotatable bonds is 1. The first-order valence-corrected chi connectivity index (χ1v) is 5.69. The highest BCUT2D eigenvalue weighted by Crippen LogP contribution is 2.30. The number of carbonyl (C=O) groups excluding carboxylic acids is 1. The molecule has 0 bridgehead atoms. The number of nitrogens with one attached hydrogen (secondary N) is 2. The van der Waals surface area contributed by atoms with E-state index in [9.17, 15) is 4.79 Å². The first-order valence-electron chi connectivity index (χ1n) is 5.29. The maximum absolute atomic E-state index is 11.8. The molecular weight excluding hydrogens is 212 g/mol. The molecule has 0 saturated carbocycles. The summed E-state index contributed by atoms with van der Waals surface area (Å²) in [6, 6.07) is 0. The van der Waals surface area contributed by atoms with E-state index in [1.54, 1.807) is 0 Å². The van der Waals surface area contributed by atoms with Crippen LogP contribution in [0.5, 0.6) is 0 Å². The molecule has 1 amide bonds. The predicted molar refractivity (Wildman–Crippen MR) is 60.4 cm³/mol. The zero-order valence-electron chi connectivity index (χ0n) is 9.00. The predicted octanol–water partition coefficient (Wildman–Crippen LogP) is 0.565. The van der Waals surface area contributed by atoms with Crippen molar-refractivity contribution in [3.63, 3.8) is 0 Å². The van der Waals surface area contributed by atoms with Crippen molar-refractivity contribution in [3.8, 4) is 0 Å². The van der Waals surface area contributed by atoms with Gasteiger partial charge >= 0.3 is 0 Å². The van der Waals surface area contributed by atoms with Crippen LogP contribution < -0.4 is 10.6 Å². The minimum Gasteiger partial charge on any atom is -0.378 e. The Hall–Kier alpha value is -0.680. The molecule has 0 aromatic rings. The normalized spacial score (nSPS) is 35.8. The van der Waals surface area contributed by atoms with Crippen LogP contribution in [0.4, 0.5) is 0 Å². The van der Waals surface area contributed by atoms with E-state index in [2.05, 4.69) is 24.5 Å². The summed E-state index contributed by atoms with van der Waals surface area (Å²) in [6.07, 6.45) is 1.54. The van der Waals surface area contributed by atoms with Gasteiger partial charge in [0.25, 0.3) is 5.91 Å². The number of amides is 1. The van der Waals surface area contributed by atoms with Gasteiger partial charge in [0.2, 0.25) is 0 Å². The van der Waals surface area contributed by atoms with Crippen molar-refractivity contribution < 1.29 is 9.53 Å². The van der Waals surface area contributed by atoms with Crippen LogP contribution in [0, 0.1) is 5.92 Å². The van der Waals surface area contributed by atoms with E-state index >= 15 is 0 Å². The Kier molecular flexibility index (Phi) is 2.68. The molecule has 4 nitrogen and oxygen atoms in total. The Morgan fingerprint density at radius 3 is 2.87 bits per heavy atom. The second-order valence-corrected chi connectivity index (χ2v) is 5.01. The Bertz CT molecular complexity index is 306. The molecule has 0 aromatic carbocycles. The molecule has 0 radical (unpaired) electrons. The monoisotopic (exact) mass is 228 g/mol. The number of ether oxygens (including phenoxy) is 1. The summed E-state index contributed by atoms with van der Waals surface area (Å²) >= 11 is 4.97. The fourth-order valence-electron chi connectivity index (χ4n) is 2.16. The van der Waals surface area contributed by atoms with Crippen LogP contribution in [0.25, 0.3) is 0 Å². The van der Waals surface area contributed by atoms with Gasteiger partial charge in [0.05, 0.1) is 6.10 Å². The zero-order chi connectivity index (χ0) is 11.1. The van der Waals surface area contributed by atoms with Crippen LogP contribution in [0.2, 0.25) is 0 Å². The van der Waals surface area contributed by atoms with E-state index in [-0.39, 0.29) is 12.0 Å². The molecule has 15 heavy (non-hydrogen) atoms. The first kappa shape index (κ1) is 10.8. The minimum absolute atomic E-state index is 0.00134. The van der Waals surface area contributed by atoms with Gasteiger partial charge in [-0.2, -0.15) is 0 Å². The zero-order valence-corrected chi connectivity index (χ0v) is 9.82. The third-order valence-corrected chi connectivity index (χ3v) is 3.37. The van der Waals surface area contributed by atoms with Crippen molar-refractivity contribution in [1.82, 2.24) is 10.6 Å². The summed E-state index contributed by atoms with van der Waals surface area (Å²) in [5.41, 5.74) is -0.510. The van der Waals surface area contributed by atoms with Crippen LogP contribution in [0.3, 0.4) is 0 Å². The first-order chi connectivity index (χ1) is 7.03. The highest BCUT2D eigenvalue weighted by atomic mass is 32.1. The van der Waals surface area contributed by atoms with E-state index in [0.717, 1.165) is 0 Å². The quantitative estimate of drug-likeness (QED) is 0.644. The molecule has 2 rings (SSSR count). The lowest BCUT2D eigenvalue weighted by molar-refractivity contribution is -0.131. The number of hydrogen-bond acceptors (Lipinski definition) is 3. The van der Waals surface area contributed by atoms with Gasteiger partial charge in [-0.05, 0) is 18.1 Å². The summed E-state index contributed by atoms with van der Waals surface area (Å²) < 4.78 is 5.65. The summed E-state index contributed by atoms with van der Waals surface area (Å²) in [6.45, 7) is 4.83. The van der Waals surface area contributed by atoms with Gasteiger partial charge in [-0.25, -0.2) is 0 Å². The lowest BCUT2D eigenvalue weighted by Gasteiger charge is -2.37. The second-order valence-electron chi connectivity index (χ2n) is 4.60. The van der Waals surface area contributed by atoms with Crippen molar-refractivity contribution >= 4 is 23.2 Å². The standard InChI is InChI=1S/C10H16N2O2S/c1-6(2)7-5-10(3-4-14-7)8(13)11-9(15)12-10/h6-7H,3-5H2,1-2H3,(H2,11,12,13,15). The third kappa shape index (κ3) is 1.86. The molecule has 2 aliphatic heterocycles. The molecule has 0 aromatic heterocycles. The molecule has 84 valence electrons. The molecule has 2 saturated heterocycles. The van der Waals surface area contributed by atoms with Crippen molar-refractivity contribution in [2.75, 3.05) is 6.61 Å². The topological polar surface area (TPSA) is 50.4 Å². The molecule has 1 spiro atoms. The molecule has 5 heteroatoms. The van der Waals surface area contributed by atoms with E-state index in [4.69, 9.17) is 17.0 Å². The lowest BCUT2D eigenvalue weighted by atomic mass is 9.83. The highest BCUT2D eigenvalue weighted by molar-refractivity contribution is 7.80. The van der Waals surface area contributed by atoms with Crippen LogP contribution in [0.15, 0.2) is 0 Å². The Morgan fingerprint density at radius 2 is 2.33 bits per heavy atom. The van der Waals surface area contributed by atoms with Crippen molar-refractivity contribution in [2.45, 2.75) is 38.3 Å². The molecule has 0 aliphatic carbocycles. The van der Waals surface area contributed by atoms with Crippen LogP contribution in [0.1, 0.15) is 26.7 Å². The molecule has 2 fully saturated rings. The molecule has 2 heterocycles. The summed E-state index contributed by atoms with van der Waals surface area (Å²) in [7, 11) is 0. The smallest absolute Gasteiger partial charge is 0.252 e. The fourth-order valence-corrected chi connectivity index (χ4v) is 2.45. The molecule has 2 atom stereocenters. The second kappa shape index (κ2) is 3.72. The third-order valence-electron chi connectivity index (χ3n) is 3.17. The number of thiocarbonyl (C=S) groups is 1.